The van der Waals surface area contributed by atoms with Crippen molar-refractivity contribution < 1.29 is 14.7 Å². The molecule has 0 saturated heterocycles. The highest BCUT2D eigenvalue weighted by Crippen LogP contribution is 2.08. The van der Waals surface area contributed by atoms with E-state index in [1.54, 1.807) is 12.3 Å². The van der Waals surface area contributed by atoms with Crippen LogP contribution in [-0.2, 0) is 4.79 Å². The van der Waals surface area contributed by atoms with E-state index in [0.29, 0.717) is 5.69 Å². The summed E-state index contributed by atoms with van der Waals surface area (Å²) in [6.07, 6.45) is 3.17. The van der Waals surface area contributed by atoms with Gasteiger partial charge in [-0.05, 0) is 25.5 Å². The van der Waals surface area contributed by atoms with Gasteiger partial charge in [-0.2, -0.15) is 0 Å². The predicted molar refractivity (Wildman–Crippen MR) is 62.9 cm³/mol. The molecule has 1 unspecified atom stereocenters. The Bertz CT molecular complexity index is 434. The zero-order chi connectivity index (χ0) is 13.0. The molecule has 2 N–H and O–H groups in total. The topological polar surface area (TPSA) is 82.5 Å². The molecule has 0 aliphatic carbocycles. The number of likely N-dealkylation sites (N-methyl/N-ethyl adjacent to an activating group) is 1. The zero-order valence-electron chi connectivity index (χ0n) is 9.97. The van der Waals surface area contributed by atoms with Crippen LogP contribution in [0.3, 0.4) is 0 Å². The van der Waals surface area contributed by atoms with Crippen molar-refractivity contribution in [1.82, 2.24) is 9.88 Å². The molecule has 1 heterocycles. The van der Waals surface area contributed by atoms with Gasteiger partial charge in [0.15, 0.2) is 0 Å². The van der Waals surface area contributed by atoms with Crippen molar-refractivity contribution in [3.8, 4) is 0 Å². The predicted octanol–water partition coefficient (Wildman–Crippen LogP) is 1.33. The van der Waals surface area contributed by atoms with Gasteiger partial charge in [-0.25, -0.2) is 9.59 Å². The molecule has 0 aliphatic heterocycles. The van der Waals surface area contributed by atoms with Crippen molar-refractivity contribution in [2.24, 2.45) is 0 Å². The number of carbonyl (C=O) groups is 2. The molecule has 0 spiro atoms. The number of aryl methyl sites for hydroxylation is 1. The first kappa shape index (κ1) is 13.0. The van der Waals surface area contributed by atoms with Crippen LogP contribution in [0.1, 0.15) is 12.5 Å². The third kappa shape index (κ3) is 3.44. The first-order valence-electron chi connectivity index (χ1n) is 5.10. The lowest BCUT2D eigenvalue weighted by Gasteiger charge is -2.21. The molecule has 92 valence electrons. The van der Waals surface area contributed by atoms with Crippen LogP contribution in [0, 0.1) is 6.92 Å². The summed E-state index contributed by atoms with van der Waals surface area (Å²) in [5, 5.41) is 11.4. The fourth-order valence-corrected chi connectivity index (χ4v) is 1.18. The summed E-state index contributed by atoms with van der Waals surface area (Å²) >= 11 is 0. The molecule has 1 rings (SSSR count). The number of hydrogen-bond donors (Lipinski definition) is 2. The van der Waals surface area contributed by atoms with Crippen molar-refractivity contribution in [3.63, 3.8) is 0 Å². The number of urea groups is 1. The molecule has 0 saturated carbocycles. The number of aromatic nitrogens is 1. The Morgan fingerprint density at radius 2 is 2.12 bits per heavy atom. The number of pyridine rings is 1. The number of carboxylic acid groups (broad SMARTS) is 1. The normalized spacial score (nSPS) is 11.7. The Labute approximate surface area is 99.3 Å². The molecule has 0 fully saturated rings. The van der Waals surface area contributed by atoms with Gasteiger partial charge in [0.2, 0.25) is 0 Å². The summed E-state index contributed by atoms with van der Waals surface area (Å²) in [4.78, 5) is 27.5. The molecule has 6 heteroatoms. The molecular weight excluding hydrogens is 222 g/mol. The van der Waals surface area contributed by atoms with E-state index < -0.39 is 18.0 Å². The first-order chi connectivity index (χ1) is 7.91. The van der Waals surface area contributed by atoms with Crippen molar-refractivity contribution in [3.05, 3.63) is 24.0 Å². The third-order valence-corrected chi connectivity index (χ3v) is 2.38. The van der Waals surface area contributed by atoms with E-state index in [9.17, 15) is 9.59 Å². The lowest BCUT2D eigenvalue weighted by molar-refractivity contribution is -0.141. The molecule has 1 aromatic rings. The van der Waals surface area contributed by atoms with Gasteiger partial charge in [-0.1, -0.05) is 0 Å². The fourth-order valence-electron chi connectivity index (χ4n) is 1.18. The van der Waals surface area contributed by atoms with E-state index in [4.69, 9.17) is 5.11 Å². The maximum absolute atomic E-state index is 11.7. The summed E-state index contributed by atoms with van der Waals surface area (Å²) in [6.45, 7) is 3.29. The molecule has 17 heavy (non-hydrogen) atoms. The van der Waals surface area contributed by atoms with E-state index in [0.717, 1.165) is 10.5 Å². The van der Waals surface area contributed by atoms with Crippen LogP contribution in [0.25, 0.3) is 0 Å². The van der Waals surface area contributed by atoms with Gasteiger partial charge in [-0.3, -0.25) is 4.98 Å². The average molecular weight is 237 g/mol. The molecule has 0 aromatic carbocycles. The number of nitrogens with one attached hydrogen (secondary N) is 1. The average Bonchev–Trinajstić information content (AvgIpc) is 2.26. The lowest BCUT2D eigenvalue weighted by atomic mass is 10.3. The summed E-state index contributed by atoms with van der Waals surface area (Å²) in [6, 6.07) is 0.393. The third-order valence-electron chi connectivity index (χ3n) is 2.38. The minimum absolute atomic E-state index is 0.479. The fraction of sp³-hybridized carbons (Fsp3) is 0.364. The SMILES string of the molecule is Cc1cncc(NC(=O)N(C)C(C)C(=O)O)c1. The van der Waals surface area contributed by atoms with Crippen LogP contribution in [0.15, 0.2) is 18.5 Å². The zero-order valence-corrected chi connectivity index (χ0v) is 9.97. The minimum Gasteiger partial charge on any atom is -0.480 e. The molecule has 2 amide bonds. The van der Waals surface area contributed by atoms with Gasteiger partial charge in [0.1, 0.15) is 6.04 Å². The van der Waals surface area contributed by atoms with Crippen molar-refractivity contribution >= 4 is 17.7 Å². The molecule has 6 nitrogen and oxygen atoms in total. The van der Waals surface area contributed by atoms with Crippen LogP contribution >= 0.6 is 0 Å². The van der Waals surface area contributed by atoms with E-state index in [-0.39, 0.29) is 0 Å². The highest BCUT2D eigenvalue weighted by Gasteiger charge is 2.21. The Balaban J connectivity index is 2.69. The molecule has 0 aliphatic rings. The van der Waals surface area contributed by atoms with Crippen LogP contribution < -0.4 is 5.32 Å². The standard InChI is InChI=1S/C11H15N3O3/c1-7-4-9(6-12-5-7)13-11(17)14(3)8(2)10(15)16/h4-6,8H,1-3H3,(H,13,17)(H,15,16). The number of hydrogen-bond acceptors (Lipinski definition) is 3. The largest absolute Gasteiger partial charge is 0.480 e. The Hall–Kier alpha value is -2.11. The quantitative estimate of drug-likeness (QED) is 0.830. The molecular formula is C11H15N3O3. The Morgan fingerprint density at radius 1 is 1.47 bits per heavy atom. The van der Waals surface area contributed by atoms with Crippen LogP contribution in [0.5, 0.6) is 0 Å². The number of rotatable bonds is 3. The Kier molecular flexibility index (Phi) is 4.03. The lowest BCUT2D eigenvalue weighted by Crippen LogP contribution is -2.42. The minimum atomic E-state index is -1.05. The van der Waals surface area contributed by atoms with E-state index in [2.05, 4.69) is 10.3 Å². The van der Waals surface area contributed by atoms with Crippen molar-refractivity contribution in [1.29, 1.82) is 0 Å². The van der Waals surface area contributed by atoms with Crippen LogP contribution in [-0.4, -0.2) is 40.1 Å². The first-order valence-corrected chi connectivity index (χ1v) is 5.10. The van der Waals surface area contributed by atoms with Crippen LogP contribution in [0.2, 0.25) is 0 Å². The van der Waals surface area contributed by atoms with E-state index in [1.165, 1.54) is 20.2 Å². The second kappa shape index (κ2) is 5.29. The maximum Gasteiger partial charge on any atom is 0.326 e. The number of carboxylic acids is 1. The van der Waals surface area contributed by atoms with Crippen molar-refractivity contribution in [2.75, 3.05) is 12.4 Å². The van der Waals surface area contributed by atoms with E-state index >= 15 is 0 Å². The highest BCUT2D eigenvalue weighted by atomic mass is 16.4. The molecule has 1 atom stereocenters. The number of anilines is 1. The highest BCUT2D eigenvalue weighted by molar-refractivity contribution is 5.91. The van der Waals surface area contributed by atoms with Gasteiger partial charge in [-0.15, -0.1) is 0 Å². The summed E-state index contributed by atoms with van der Waals surface area (Å²) in [5.41, 5.74) is 1.45. The summed E-state index contributed by atoms with van der Waals surface area (Å²) in [5.74, 6) is -1.05. The van der Waals surface area contributed by atoms with Crippen LogP contribution in [0.4, 0.5) is 10.5 Å². The summed E-state index contributed by atoms with van der Waals surface area (Å²) < 4.78 is 0. The number of amides is 2. The second-order valence-electron chi connectivity index (χ2n) is 3.81. The molecule has 0 bridgehead atoms. The van der Waals surface area contributed by atoms with E-state index in [1.807, 2.05) is 6.92 Å². The van der Waals surface area contributed by atoms with Gasteiger partial charge < -0.3 is 15.3 Å². The monoisotopic (exact) mass is 237 g/mol. The maximum atomic E-state index is 11.7. The molecule has 0 radical (unpaired) electrons. The number of nitrogens with zero attached hydrogens (tertiary/aromatic N) is 2. The van der Waals surface area contributed by atoms with Gasteiger partial charge >= 0.3 is 12.0 Å². The van der Waals surface area contributed by atoms with Crippen molar-refractivity contribution in [2.45, 2.75) is 19.9 Å². The van der Waals surface area contributed by atoms with Gasteiger partial charge in [0.25, 0.3) is 0 Å². The smallest absolute Gasteiger partial charge is 0.326 e. The molecule has 1 aromatic heterocycles. The second-order valence-corrected chi connectivity index (χ2v) is 3.81. The summed E-state index contributed by atoms with van der Waals surface area (Å²) in [7, 11) is 1.43. The number of carbonyl (C=O) groups excluding carboxylic acids is 1. The number of aliphatic carboxylic acids is 1. The van der Waals surface area contributed by atoms with Gasteiger partial charge in [0, 0.05) is 13.2 Å². The Morgan fingerprint density at radius 3 is 2.65 bits per heavy atom. The van der Waals surface area contributed by atoms with Gasteiger partial charge in [0.05, 0.1) is 11.9 Å².